The summed E-state index contributed by atoms with van der Waals surface area (Å²) in [6.07, 6.45) is 14.0. The first-order chi connectivity index (χ1) is 15.0. The lowest BCUT2D eigenvalue weighted by Crippen LogP contribution is -2.32. The van der Waals surface area contributed by atoms with Gasteiger partial charge >= 0.3 is 0 Å². The van der Waals surface area contributed by atoms with Crippen LogP contribution in [0.4, 0.5) is 0 Å². The molecule has 1 saturated heterocycles. The zero-order valence-electron chi connectivity index (χ0n) is 19.8. The Kier molecular flexibility index (Phi) is 7.87. The average Bonchev–Trinajstić information content (AvgIpc) is 2.89. The van der Waals surface area contributed by atoms with Crippen molar-refractivity contribution in [1.29, 1.82) is 0 Å². The van der Waals surface area contributed by atoms with Crippen LogP contribution in [-0.4, -0.2) is 24.5 Å². The maximum absolute atomic E-state index is 4.41. The lowest BCUT2D eigenvalue weighted by molar-refractivity contribution is 0.279. The minimum absolute atomic E-state index is 0.936. The summed E-state index contributed by atoms with van der Waals surface area (Å²) in [5.41, 5.74) is 12.4. The van der Waals surface area contributed by atoms with Crippen LogP contribution in [0.3, 0.4) is 0 Å². The van der Waals surface area contributed by atoms with Gasteiger partial charge in [-0.3, -0.25) is 4.90 Å². The summed E-state index contributed by atoms with van der Waals surface area (Å²) in [5.74, 6) is 0. The molecule has 1 aromatic carbocycles. The number of allylic oxidation sites excluding steroid dienone is 9. The number of likely N-dealkylation sites (tertiary alicyclic amines) is 1. The molecule has 1 heterocycles. The number of rotatable bonds is 5. The molecule has 162 valence electrons. The van der Waals surface area contributed by atoms with Crippen molar-refractivity contribution < 1.29 is 0 Å². The smallest absolute Gasteiger partial charge is 0.0230 e. The minimum atomic E-state index is 0.936. The van der Waals surface area contributed by atoms with Gasteiger partial charge in [0.05, 0.1) is 0 Å². The van der Waals surface area contributed by atoms with E-state index < -0.39 is 0 Å². The summed E-state index contributed by atoms with van der Waals surface area (Å²) in [6.45, 7) is 20.1. The van der Waals surface area contributed by atoms with Crippen LogP contribution in [0.2, 0.25) is 0 Å². The van der Waals surface area contributed by atoms with Crippen molar-refractivity contribution in [3.63, 3.8) is 0 Å². The fourth-order valence-electron chi connectivity index (χ4n) is 4.62. The van der Waals surface area contributed by atoms with Gasteiger partial charge in [-0.05, 0) is 85.9 Å². The Labute approximate surface area is 189 Å². The van der Waals surface area contributed by atoms with Crippen LogP contribution in [-0.2, 0) is 6.42 Å². The molecule has 2 aliphatic rings. The van der Waals surface area contributed by atoms with E-state index >= 15 is 0 Å². The highest BCUT2D eigenvalue weighted by atomic mass is 15.1. The van der Waals surface area contributed by atoms with Crippen molar-refractivity contribution in [1.82, 2.24) is 4.90 Å². The molecular formula is C30H37N. The molecule has 1 fully saturated rings. The van der Waals surface area contributed by atoms with E-state index in [1.165, 1.54) is 44.6 Å². The fraction of sp³-hybridized carbons (Fsp3) is 0.333. The van der Waals surface area contributed by atoms with Crippen molar-refractivity contribution in [2.24, 2.45) is 0 Å². The number of hydrogen-bond acceptors (Lipinski definition) is 1. The normalized spacial score (nSPS) is 19.2. The van der Waals surface area contributed by atoms with E-state index in [1.54, 1.807) is 5.57 Å². The van der Waals surface area contributed by atoms with E-state index in [2.05, 4.69) is 94.3 Å². The molecule has 0 amide bonds. The average molecular weight is 412 g/mol. The van der Waals surface area contributed by atoms with Crippen LogP contribution in [0.25, 0.3) is 5.57 Å². The van der Waals surface area contributed by atoms with Crippen LogP contribution in [0.1, 0.15) is 51.7 Å². The minimum Gasteiger partial charge on any atom is -0.298 e. The molecule has 0 saturated carbocycles. The summed E-state index contributed by atoms with van der Waals surface area (Å²) in [7, 11) is 0. The van der Waals surface area contributed by atoms with Crippen LogP contribution < -0.4 is 0 Å². The van der Waals surface area contributed by atoms with E-state index in [9.17, 15) is 0 Å². The first-order valence-corrected chi connectivity index (χ1v) is 11.5. The van der Waals surface area contributed by atoms with Crippen molar-refractivity contribution in [2.75, 3.05) is 19.6 Å². The van der Waals surface area contributed by atoms with Gasteiger partial charge in [0.1, 0.15) is 0 Å². The molecule has 1 aromatic rings. The molecule has 0 N–H and O–H groups in total. The van der Waals surface area contributed by atoms with Crippen LogP contribution in [0.5, 0.6) is 0 Å². The standard InChI is InChI=1S/C30H37N/c1-7-12-28-24(6)23(5)20-27-13-10-11-14-29(27)30(28)26-15-17-31(18-16-26)21-25(9-3)19-22(4)8-2/h7-14,19H,2,5,15-18,20-21H2,1,3-4,6H3/b12-7-,22-19-,25-9+. The Balaban J connectivity index is 1.94. The molecule has 0 atom stereocenters. The number of fused-ring (bicyclic) bond motifs is 1. The maximum atomic E-state index is 4.41. The first-order valence-electron chi connectivity index (χ1n) is 11.5. The molecule has 0 aromatic heterocycles. The number of piperidine rings is 1. The Morgan fingerprint density at radius 3 is 2.48 bits per heavy atom. The van der Waals surface area contributed by atoms with Gasteiger partial charge in [-0.25, -0.2) is 0 Å². The Hall–Kier alpha value is -2.64. The van der Waals surface area contributed by atoms with Gasteiger partial charge in [-0.2, -0.15) is 0 Å². The van der Waals surface area contributed by atoms with Gasteiger partial charge in [-0.15, -0.1) is 0 Å². The van der Waals surface area contributed by atoms with Gasteiger partial charge in [0.2, 0.25) is 0 Å². The highest BCUT2D eigenvalue weighted by Gasteiger charge is 2.24. The van der Waals surface area contributed by atoms with Gasteiger partial charge in [0.25, 0.3) is 0 Å². The third-order valence-corrected chi connectivity index (χ3v) is 6.55. The molecule has 0 bridgehead atoms. The van der Waals surface area contributed by atoms with E-state index in [0.29, 0.717) is 0 Å². The lowest BCUT2D eigenvalue weighted by atomic mass is 9.85. The van der Waals surface area contributed by atoms with Gasteiger partial charge in [0.15, 0.2) is 0 Å². The maximum Gasteiger partial charge on any atom is 0.0230 e. The van der Waals surface area contributed by atoms with E-state index in [-0.39, 0.29) is 0 Å². The zero-order valence-corrected chi connectivity index (χ0v) is 19.8. The topological polar surface area (TPSA) is 3.24 Å². The van der Waals surface area contributed by atoms with E-state index in [4.69, 9.17) is 0 Å². The van der Waals surface area contributed by atoms with Crippen molar-refractivity contribution in [2.45, 2.75) is 47.0 Å². The number of nitrogens with zero attached hydrogens (tertiary/aromatic N) is 1. The van der Waals surface area contributed by atoms with Gasteiger partial charge in [0, 0.05) is 19.6 Å². The first kappa shape index (κ1) is 23.0. The molecule has 0 radical (unpaired) electrons. The summed E-state index contributed by atoms with van der Waals surface area (Å²) in [5, 5.41) is 0. The fourth-order valence-corrected chi connectivity index (χ4v) is 4.62. The van der Waals surface area contributed by atoms with Gasteiger partial charge in [-0.1, -0.05) is 78.9 Å². The SMILES string of the molecule is C=C/C(C)=C\C(=C/C)CN1CCC(=C2C(/C=C\C)=C(C)C(=C)Cc3ccccc32)CC1. The molecule has 1 aliphatic heterocycles. The molecule has 1 heteroatoms. The van der Waals surface area contributed by atoms with Gasteiger partial charge < -0.3 is 0 Å². The molecule has 1 nitrogen and oxygen atoms in total. The third kappa shape index (κ3) is 5.35. The number of hydrogen-bond donors (Lipinski definition) is 0. The van der Waals surface area contributed by atoms with E-state index in [0.717, 1.165) is 38.9 Å². The highest BCUT2D eigenvalue weighted by molar-refractivity contribution is 5.88. The Morgan fingerprint density at radius 1 is 1.13 bits per heavy atom. The molecule has 0 spiro atoms. The van der Waals surface area contributed by atoms with E-state index in [1.807, 2.05) is 6.08 Å². The summed E-state index contributed by atoms with van der Waals surface area (Å²) < 4.78 is 0. The summed E-state index contributed by atoms with van der Waals surface area (Å²) >= 11 is 0. The summed E-state index contributed by atoms with van der Waals surface area (Å²) in [6, 6.07) is 8.91. The second-order valence-corrected chi connectivity index (χ2v) is 8.69. The third-order valence-electron chi connectivity index (χ3n) is 6.55. The Morgan fingerprint density at radius 2 is 1.84 bits per heavy atom. The number of benzene rings is 1. The largest absolute Gasteiger partial charge is 0.298 e. The predicted molar refractivity (Wildman–Crippen MR) is 137 cm³/mol. The summed E-state index contributed by atoms with van der Waals surface area (Å²) in [4.78, 5) is 2.58. The van der Waals surface area contributed by atoms with Crippen LogP contribution >= 0.6 is 0 Å². The predicted octanol–water partition coefficient (Wildman–Crippen LogP) is 7.62. The molecule has 31 heavy (non-hydrogen) atoms. The highest BCUT2D eigenvalue weighted by Crippen LogP contribution is 2.40. The molecule has 3 rings (SSSR count). The molecule has 1 aliphatic carbocycles. The van der Waals surface area contributed by atoms with Crippen LogP contribution in [0, 0.1) is 0 Å². The second kappa shape index (κ2) is 10.6. The monoisotopic (exact) mass is 411 g/mol. The quantitative estimate of drug-likeness (QED) is 0.450. The zero-order chi connectivity index (χ0) is 22.4. The van der Waals surface area contributed by atoms with Crippen LogP contribution in [0.15, 0.2) is 101 Å². The molecule has 0 unspecified atom stereocenters. The molecular weight excluding hydrogens is 374 g/mol. The van der Waals surface area contributed by atoms with Crippen molar-refractivity contribution in [3.8, 4) is 0 Å². The lowest BCUT2D eigenvalue weighted by Gasteiger charge is -2.31. The van der Waals surface area contributed by atoms with Crippen molar-refractivity contribution >= 4 is 5.57 Å². The second-order valence-electron chi connectivity index (χ2n) is 8.69. The Bertz CT molecular complexity index is 997. The van der Waals surface area contributed by atoms with Crippen molar-refractivity contribution in [3.05, 3.63) is 112 Å².